The van der Waals surface area contributed by atoms with Gasteiger partial charge in [-0.1, -0.05) is 6.92 Å². The van der Waals surface area contributed by atoms with Gasteiger partial charge in [-0.2, -0.15) is 16.9 Å². The number of thiophene rings is 1. The molecule has 0 bridgehead atoms. The molecule has 2 aromatic heterocycles. The Morgan fingerprint density at radius 2 is 2.43 bits per heavy atom. The second-order valence-corrected chi connectivity index (χ2v) is 7.50. The molecular formula is C14H21N5S2. The fourth-order valence-electron chi connectivity index (χ4n) is 2.61. The number of rotatable bonds is 6. The third-order valence-corrected chi connectivity index (χ3v) is 6.07. The Balaban J connectivity index is 1.78. The Labute approximate surface area is 133 Å². The van der Waals surface area contributed by atoms with Crippen LogP contribution in [0.15, 0.2) is 12.4 Å². The maximum Gasteiger partial charge on any atom is 0.138 e. The molecule has 0 saturated carbocycles. The van der Waals surface area contributed by atoms with E-state index in [2.05, 4.69) is 28.5 Å². The fraction of sp³-hybridized carbons (Fsp3) is 0.571. The summed E-state index contributed by atoms with van der Waals surface area (Å²) < 4.78 is 1.98. The summed E-state index contributed by atoms with van der Waals surface area (Å²) in [7, 11) is 0. The van der Waals surface area contributed by atoms with Gasteiger partial charge in [-0.15, -0.1) is 11.3 Å². The van der Waals surface area contributed by atoms with Crippen molar-refractivity contribution in [1.82, 2.24) is 20.2 Å². The topological polar surface area (TPSA) is 68.8 Å². The van der Waals surface area contributed by atoms with Gasteiger partial charge in [-0.3, -0.25) is 16.0 Å². The lowest BCUT2D eigenvalue weighted by Crippen LogP contribution is -2.30. The first-order chi connectivity index (χ1) is 10.3. The van der Waals surface area contributed by atoms with Gasteiger partial charge in [0.1, 0.15) is 12.2 Å². The molecule has 0 radical (unpaired) electrons. The van der Waals surface area contributed by atoms with E-state index in [1.807, 2.05) is 27.8 Å². The first-order valence-electron chi connectivity index (χ1n) is 7.33. The highest BCUT2D eigenvalue weighted by Gasteiger charge is 2.20. The molecule has 1 aliphatic heterocycles. The average molecular weight is 323 g/mol. The summed E-state index contributed by atoms with van der Waals surface area (Å²) in [4.78, 5) is 7.23. The number of nitrogens with zero attached hydrogens (tertiary/aromatic N) is 3. The lowest BCUT2D eigenvalue weighted by molar-refractivity contribution is 0.504. The number of aromatic nitrogens is 3. The molecule has 0 fully saturated rings. The highest BCUT2D eigenvalue weighted by atomic mass is 32.2. The van der Waals surface area contributed by atoms with Crippen molar-refractivity contribution in [3.8, 4) is 0 Å². The van der Waals surface area contributed by atoms with Crippen LogP contribution < -0.4 is 11.3 Å². The van der Waals surface area contributed by atoms with Crippen molar-refractivity contribution in [2.45, 2.75) is 44.5 Å². The van der Waals surface area contributed by atoms with Crippen LogP contribution in [0.2, 0.25) is 0 Å². The van der Waals surface area contributed by atoms with Crippen molar-refractivity contribution < 1.29 is 0 Å². The SMILES string of the molecule is CCCn1ncnc1CC(NN)c1cc2c(s1)CCSC2. The number of aryl methyl sites for hydroxylation is 2. The number of hydrogen-bond donors (Lipinski definition) is 2. The van der Waals surface area contributed by atoms with Gasteiger partial charge in [-0.05, 0) is 30.2 Å². The number of nitrogens with two attached hydrogens (primary N) is 1. The van der Waals surface area contributed by atoms with Crippen molar-refractivity contribution in [2.24, 2.45) is 5.84 Å². The number of thioether (sulfide) groups is 1. The van der Waals surface area contributed by atoms with Gasteiger partial charge in [0.2, 0.25) is 0 Å². The molecule has 2 aromatic rings. The standard InChI is InChI=1S/C14H21N5S2/c1-2-4-19-14(16-9-17-19)7-11(18-15)13-6-10-8-20-5-3-12(10)21-13/h6,9,11,18H,2-5,7-8,15H2,1H3. The molecule has 0 amide bonds. The molecule has 7 heteroatoms. The van der Waals surface area contributed by atoms with Crippen molar-refractivity contribution in [3.05, 3.63) is 33.5 Å². The van der Waals surface area contributed by atoms with Crippen molar-refractivity contribution in [2.75, 3.05) is 5.75 Å². The van der Waals surface area contributed by atoms with E-state index < -0.39 is 0 Å². The van der Waals surface area contributed by atoms with Crippen LogP contribution in [-0.4, -0.2) is 20.5 Å². The van der Waals surface area contributed by atoms with Crippen LogP contribution in [0.5, 0.6) is 0 Å². The molecule has 1 unspecified atom stereocenters. The van der Waals surface area contributed by atoms with Crippen LogP contribution in [0, 0.1) is 0 Å². The second kappa shape index (κ2) is 6.91. The van der Waals surface area contributed by atoms with E-state index in [1.165, 1.54) is 27.5 Å². The first-order valence-corrected chi connectivity index (χ1v) is 9.31. The van der Waals surface area contributed by atoms with E-state index >= 15 is 0 Å². The number of hydrazine groups is 1. The quantitative estimate of drug-likeness (QED) is 0.630. The molecule has 0 aromatic carbocycles. The monoisotopic (exact) mass is 323 g/mol. The Hall–Kier alpha value is -0.890. The van der Waals surface area contributed by atoms with Crippen LogP contribution in [0.4, 0.5) is 0 Å². The Morgan fingerprint density at radius 3 is 3.19 bits per heavy atom. The molecule has 21 heavy (non-hydrogen) atoms. The zero-order chi connectivity index (χ0) is 14.7. The highest BCUT2D eigenvalue weighted by molar-refractivity contribution is 7.98. The Kier molecular flexibility index (Phi) is 4.95. The third kappa shape index (κ3) is 3.31. The highest BCUT2D eigenvalue weighted by Crippen LogP contribution is 2.35. The van der Waals surface area contributed by atoms with Crippen LogP contribution in [0.3, 0.4) is 0 Å². The van der Waals surface area contributed by atoms with Crippen LogP contribution in [0.25, 0.3) is 0 Å². The van der Waals surface area contributed by atoms with E-state index in [-0.39, 0.29) is 6.04 Å². The minimum absolute atomic E-state index is 0.116. The maximum absolute atomic E-state index is 5.80. The molecular weight excluding hydrogens is 302 g/mol. The minimum atomic E-state index is 0.116. The van der Waals surface area contributed by atoms with Gasteiger partial charge in [0.05, 0.1) is 6.04 Å². The summed E-state index contributed by atoms with van der Waals surface area (Å²) >= 11 is 3.91. The van der Waals surface area contributed by atoms with Crippen molar-refractivity contribution in [1.29, 1.82) is 0 Å². The van der Waals surface area contributed by atoms with Crippen LogP contribution in [0.1, 0.15) is 40.5 Å². The predicted octanol–water partition coefficient (Wildman–Crippen LogP) is 2.29. The van der Waals surface area contributed by atoms with Crippen molar-refractivity contribution in [3.63, 3.8) is 0 Å². The Bertz CT molecular complexity index is 568. The van der Waals surface area contributed by atoms with E-state index in [4.69, 9.17) is 5.84 Å². The van der Waals surface area contributed by atoms with Gasteiger partial charge in [0.15, 0.2) is 0 Å². The predicted molar refractivity (Wildman–Crippen MR) is 88.3 cm³/mol. The second-order valence-electron chi connectivity index (χ2n) is 5.22. The fourth-order valence-corrected chi connectivity index (χ4v) is 5.05. The molecule has 3 heterocycles. The molecule has 5 nitrogen and oxygen atoms in total. The van der Waals surface area contributed by atoms with Crippen LogP contribution in [-0.2, 0) is 25.1 Å². The summed E-state index contributed by atoms with van der Waals surface area (Å²) in [6.07, 6.45) is 4.66. The normalized spacial score (nSPS) is 15.9. The average Bonchev–Trinajstić information content (AvgIpc) is 3.11. The summed E-state index contributed by atoms with van der Waals surface area (Å²) in [5.41, 5.74) is 4.45. The number of fused-ring (bicyclic) bond motifs is 1. The molecule has 3 N–H and O–H groups in total. The summed E-state index contributed by atoms with van der Waals surface area (Å²) in [6.45, 7) is 3.05. The number of nitrogens with one attached hydrogen (secondary N) is 1. The summed E-state index contributed by atoms with van der Waals surface area (Å²) in [6, 6.07) is 2.43. The molecule has 114 valence electrons. The zero-order valence-electron chi connectivity index (χ0n) is 12.2. The van der Waals surface area contributed by atoms with E-state index in [0.717, 1.165) is 31.0 Å². The zero-order valence-corrected chi connectivity index (χ0v) is 13.8. The summed E-state index contributed by atoms with van der Waals surface area (Å²) in [5.74, 6) is 9.17. The molecule has 0 aliphatic carbocycles. The van der Waals surface area contributed by atoms with Gasteiger partial charge in [0, 0.05) is 28.5 Å². The van der Waals surface area contributed by atoms with Crippen molar-refractivity contribution >= 4 is 23.1 Å². The van der Waals surface area contributed by atoms with Gasteiger partial charge >= 0.3 is 0 Å². The van der Waals surface area contributed by atoms with Gasteiger partial charge in [-0.25, -0.2) is 4.98 Å². The molecule has 3 rings (SSSR count). The molecule has 0 spiro atoms. The Morgan fingerprint density at radius 1 is 1.52 bits per heavy atom. The smallest absolute Gasteiger partial charge is 0.138 e. The lowest BCUT2D eigenvalue weighted by atomic mass is 10.1. The summed E-state index contributed by atoms with van der Waals surface area (Å²) in [5, 5.41) is 4.29. The minimum Gasteiger partial charge on any atom is -0.271 e. The van der Waals surface area contributed by atoms with Gasteiger partial charge < -0.3 is 0 Å². The largest absolute Gasteiger partial charge is 0.271 e. The van der Waals surface area contributed by atoms with Crippen LogP contribution >= 0.6 is 23.1 Å². The van der Waals surface area contributed by atoms with E-state index in [0.29, 0.717) is 0 Å². The van der Waals surface area contributed by atoms with E-state index in [1.54, 1.807) is 6.33 Å². The third-order valence-electron chi connectivity index (χ3n) is 3.71. The van der Waals surface area contributed by atoms with Gasteiger partial charge in [0.25, 0.3) is 0 Å². The molecule has 1 atom stereocenters. The first kappa shape index (κ1) is 15.0. The van der Waals surface area contributed by atoms with E-state index in [9.17, 15) is 0 Å². The maximum atomic E-state index is 5.80. The molecule has 0 saturated heterocycles. The number of hydrogen-bond acceptors (Lipinski definition) is 6. The lowest BCUT2D eigenvalue weighted by Gasteiger charge is -2.14. The molecule has 1 aliphatic rings.